The second-order valence-corrected chi connectivity index (χ2v) is 8.27. The Kier molecular flexibility index (Phi) is 9.51. The Hall–Kier alpha value is -0.300. The highest BCUT2D eigenvalue weighted by Crippen LogP contribution is 2.20. The van der Waals surface area contributed by atoms with Crippen molar-refractivity contribution in [2.45, 2.75) is 51.9 Å². The normalized spacial score (nSPS) is 21.2. The highest BCUT2D eigenvalue weighted by molar-refractivity contribution is 7.81. The highest BCUT2D eigenvalue weighted by Gasteiger charge is 2.21. The van der Waals surface area contributed by atoms with Gasteiger partial charge in [-0.05, 0) is 25.2 Å². The molecule has 1 fully saturated rings. The van der Waals surface area contributed by atoms with E-state index >= 15 is 0 Å². The average molecular weight is 347 g/mol. The molecule has 23 heavy (non-hydrogen) atoms. The second kappa shape index (κ2) is 10.5. The summed E-state index contributed by atoms with van der Waals surface area (Å²) in [6, 6.07) is 0. The van der Waals surface area contributed by atoms with Crippen molar-refractivity contribution in [3.8, 4) is 0 Å². The molecule has 0 aromatic carbocycles. The molecular formula is C17H34N2O3S. The summed E-state index contributed by atoms with van der Waals surface area (Å²) in [4.78, 5) is 13.9. The van der Waals surface area contributed by atoms with Crippen LogP contribution in [0.4, 0.5) is 0 Å². The van der Waals surface area contributed by atoms with Crippen LogP contribution in [0.15, 0.2) is 0 Å². The van der Waals surface area contributed by atoms with Gasteiger partial charge < -0.3 is 14.8 Å². The van der Waals surface area contributed by atoms with Crippen LogP contribution in [0.25, 0.3) is 0 Å². The topological polar surface area (TPSA) is 50.8 Å². The molecule has 0 saturated carbocycles. The molecule has 0 aromatic rings. The van der Waals surface area contributed by atoms with E-state index in [2.05, 4.69) is 43.6 Å². The Morgan fingerprint density at radius 2 is 2.17 bits per heavy atom. The largest absolute Gasteiger partial charge is 0.380 e. The van der Waals surface area contributed by atoms with E-state index in [9.17, 15) is 4.79 Å². The smallest absolute Gasteiger partial charge is 0.232 e. The lowest BCUT2D eigenvalue weighted by Gasteiger charge is -2.33. The Morgan fingerprint density at radius 3 is 2.83 bits per heavy atom. The van der Waals surface area contributed by atoms with Gasteiger partial charge >= 0.3 is 0 Å². The van der Waals surface area contributed by atoms with Gasteiger partial charge in [-0.2, -0.15) is 12.6 Å². The molecular weight excluding hydrogens is 312 g/mol. The standard InChI is InChI=1S/C17H34N2O3S/c1-14(23)16(20)18-12-15-13-19(8-11-22-15)7-10-21-9-5-6-17(2,3)4/h14-15,23H,5-13H2,1-4H3,(H,18,20)/t14?,15-/m1/s1. The van der Waals surface area contributed by atoms with E-state index in [1.165, 1.54) is 6.42 Å². The average Bonchev–Trinajstić information content (AvgIpc) is 2.47. The molecule has 0 spiro atoms. The summed E-state index contributed by atoms with van der Waals surface area (Å²) in [5.41, 5.74) is 0.385. The molecule has 2 atom stereocenters. The van der Waals surface area contributed by atoms with Crippen molar-refractivity contribution in [1.82, 2.24) is 10.2 Å². The number of nitrogens with zero attached hydrogens (tertiary/aromatic N) is 1. The predicted octanol–water partition coefficient (Wildman–Crippen LogP) is 1.96. The molecule has 1 N–H and O–H groups in total. The summed E-state index contributed by atoms with van der Waals surface area (Å²) in [5, 5.41) is 2.59. The summed E-state index contributed by atoms with van der Waals surface area (Å²) < 4.78 is 11.4. The van der Waals surface area contributed by atoms with E-state index in [1.54, 1.807) is 6.92 Å². The van der Waals surface area contributed by atoms with Gasteiger partial charge in [0.05, 0.1) is 24.6 Å². The molecule has 0 bridgehead atoms. The lowest BCUT2D eigenvalue weighted by atomic mass is 9.91. The van der Waals surface area contributed by atoms with Crippen molar-refractivity contribution < 1.29 is 14.3 Å². The third-order valence-corrected chi connectivity index (χ3v) is 4.11. The molecule has 0 aromatic heterocycles. The van der Waals surface area contributed by atoms with Gasteiger partial charge in [-0.1, -0.05) is 20.8 Å². The van der Waals surface area contributed by atoms with Crippen molar-refractivity contribution in [2.75, 3.05) is 46.0 Å². The molecule has 1 aliphatic heterocycles. The Bertz CT molecular complexity index is 345. The van der Waals surface area contributed by atoms with Crippen LogP contribution in [0.2, 0.25) is 0 Å². The Labute approximate surface area is 146 Å². The van der Waals surface area contributed by atoms with Gasteiger partial charge in [0.15, 0.2) is 0 Å². The fraction of sp³-hybridized carbons (Fsp3) is 0.941. The number of rotatable bonds is 9. The first-order valence-corrected chi connectivity index (χ1v) is 9.17. The van der Waals surface area contributed by atoms with Crippen molar-refractivity contribution >= 4 is 18.5 Å². The van der Waals surface area contributed by atoms with Crippen LogP contribution in [-0.4, -0.2) is 68.2 Å². The predicted molar refractivity (Wildman–Crippen MR) is 97.1 cm³/mol. The van der Waals surface area contributed by atoms with Crippen LogP contribution in [0.5, 0.6) is 0 Å². The number of carbonyl (C=O) groups excluding carboxylic acids is 1. The number of ether oxygens (including phenoxy) is 2. The van der Waals surface area contributed by atoms with Crippen LogP contribution in [0, 0.1) is 5.41 Å². The first-order valence-electron chi connectivity index (χ1n) is 8.65. The first-order chi connectivity index (χ1) is 10.8. The number of hydrogen-bond donors (Lipinski definition) is 2. The third kappa shape index (κ3) is 10.2. The zero-order valence-corrected chi connectivity index (χ0v) is 16.0. The maximum atomic E-state index is 11.5. The van der Waals surface area contributed by atoms with E-state index in [-0.39, 0.29) is 17.3 Å². The van der Waals surface area contributed by atoms with Gasteiger partial charge in [0.1, 0.15) is 0 Å². The maximum absolute atomic E-state index is 11.5. The first kappa shape index (κ1) is 20.7. The summed E-state index contributed by atoms with van der Waals surface area (Å²) in [7, 11) is 0. The number of morpholine rings is 1. The highest BCUT2D eigenvalue weighted by atomic mass is 32.1. The van der Waals surface area contributed by atoms with Gasteiger partial charge in [-0.3, -0.25) is 9.69 Å². The molecule has 1 aliphatic rings. The van der Waals surface area contributed by atoms with Crippen molar-refractivity contribution in [1.29, 1.82) is 0 Å². The zero-order chi connectivity index (χ0) is 17.3. The van der Waals surface area contributed by atoms with Crippen LogP contribution in [0.3, 0.4) is 0 Å². The Balaban J connectivity index is 2.10. The molecule has 5 nitrogen and oxygen atoms in total. The molecule has 136 valence electrons. The number of thiol groups is 1. The summed E-state index contributed by atoms with van der Waals surface area (Å²) >= 11 is 4.12. The quantitative estimate of drug-likeness (QED) is 0.495. The molecule has 6 heteroatoms. The fourth-order valence-corrected chi connectivity index (χ4v) is 2.56. The van der Waals surface area contributed by atoms with E-state index < -0.39 is 0 Å². The van der Waals surface area contributed by atoms with Crippen LogP contribution >= 0.6 is 12.6 Å². The van der Waals surface area contributed by atoms with Crippen LogP contribution in [-0.2, 0) is 14.3 Å². The summed E-state index contributed by atoms with van der Waals surface area (Å²) in [6.07, 6.45) is 2.36. The second-order valence-electron chi connectivity index (χ2n) is 7.49. The minimum Gasteiger partial charge on any atom is -0.380 e. The maximum Gasteiger partial charge on any atom is 0.232 e. The fourth-order valence-electron chi connectivity index (χ4n) is 2.47. The number of amides is 1. The SMILES string of the molecule is CC(S)C(=O)NC[C@@H]1CN(CCOCCCC(C)(C)C)CCO1. The van der Waals surface area contributed by atoms with E-state index in [0.717, 1.165) is 39.3 Å². The molecule has 1 unspecified atom stereocenters. The van der Waals surface area contributed by atoms with Crippen LogP contribution in [0.1, 0.15) is 40.5 Å². The molecule has 0 aliphatic carbocycles. The van der Waals surface area contributed by atoms with Gasteiger partial charge in [0.2, 0.25) is 5.91 Å². The Morgan fingerprint density at radius 1 is 1.43 bits per heavy atom. The minimum absolute atomic E-state index is 0.0451. The van der Waals surface area contributed by atoms with Gasteiger partial charge in [-0.15, -0.1) is 0 Å². The van der Waals surface area contributed by atoms with E-state index in [4.69, 9.17) is 9.47 Å². The molecule has 1 rings (SSSR count). The number of nitrogens with one attached hydrogen (secondary N) is 1. The lowest BCUT2D eigenvalue weighted by molar-refractivity contribution is -0.121. The molecule has 1 amide bonds. The minimum atomic E-state index is -0.281. The molecule has 1 heterocycles. The zero-order valence-electron chi connectivity index (χ0n) is 15.1. The van der Waals surface area contributed by atoms with Gasteiger partial charge in [0, 0.05) is 32.8 Å². The molecule has 0 radical (unpaired) electrons. The molecule has 1 saturated heterocycles. The van der Waals surface area contributed by atoms with Crippen molar-refractivity contribution in [3.05, 3.63) is 0 Å². The van der Waals surface area contributed by atoms with Crippen molar-refractivity contribution in [3.63, 3.8) is 0 Å². The number of carbonyl (C=O) groups is 1. The van der Waals surface area contributed by atoms with Gasteiger partial charge in [-0.25, -0.2) is 0 Å². The van der Waals surface area contributed by atoms with Crippen LogP contribution < -0.4 is 5.32 Å². The monoisotopic (exact) mass is 346 g/mol. The van der Waals surface area contributed by atoms with E-state index in [1.807, 2.05) is 0 Å². The third-order valence-electron chi connectivity index (χ3n) is 3.87. The lowest BCUT2D eigenvalue weighted by Crippen LogP contribution is -2.49. The summed E-state index contributed by atoms with van der Waals surface area (Å²) in [6.45, 7) is 14.1. The van der Waals surface area contributed by atoms with Crippen molar-refractivity contribution in [2.24, 2.45) is 5.41 Å². The number of hydrogen-bond acceptors (Lipinski definition) is 5. The summed E-state index contributed by atoms with van der Waals surface area (Å²) in [5.74, 6) is -0.0451. The van der Waals surface area contributed by atoms with Gasteiger partial charge in [0.25, 0.3) is 0 Å². The van der Waals surface area contributed by atoms with E-state index in [0.29, 0.717) is 18.6 Å².